The molecular weight excluding hydrogens is 328 g/mol. The minimum atomic E-state index is 0.0348. The van der Waals surface area contributed by atoms with E-state index in [0.29, 0.717) is 31.9 Å². The van der Waals surface area contributed by atoms with Crippen molar-refractivity contribution in [1.29, 1.82) is 0 Å². The van der Waals surface area contributed by atoms with Gasteiger partial charge in [0.05, 0.1) is 25.0 Å². The lowest BCUT2D eigenvalue weighted by atomic mass is 9.97. The molecule has 3 heterocycles. The molecule has 1 aliphatic heterocycles. The van der Waals surface area contributed by atoms with Crippen LogP contribution in [-0.4, -0.2) is 42.1 Å². The molecule has 5 nitrogen and oxygen atoms in total. The first kappa shape index (κ1) is 16.8. The Morgan fingerprint density at radius 1 is 1.27 bits per heavy atom. The summed E-state index contributed by atoms with van der Waals surface area (Å²) in [5.74, 6) is 0.284. The molecule has 3 aromatic rings. The first-order valence-electron chi connectivity index (χ1n) is 8.96. The molecule has 1 aliphatic rings. The zero-order chi connectivity index (χ0) is 17.9. The molecule has 0 N–H and O–H groups in total. The van der Waals surface area contributed by atoms with Gasteiger partial charge in [0, 0.05) is 36.3 Å². The van der Waals surface area contributed by atoms with Crippen LogP contribution in [0.4, 0.5) is 0 Å². The Morgan fingerprint density at radius 3 is 3.08 bits per heavy atom. The normalized spacial score (nSPS) is 18.0. The Labute approximate surface area is 152 Å². The van der Waals surface area contributed by atoms with E-state index in [0.717, 1.165) is 23.1 Å². The second-order valence-corrected chi connectivity index (χ2v) is 6.78. The van der Waals surface area contributed by atoms with Gasteiger partial charge < -0.3 is 14.1 Å². The van der Waals surface area contributed by atoms with Gasteiger partial charge in [-0.05, 0) is 43.2 Å². The van der Waals surface area contributed by atoms with Crippen LogP contribution in [0.3, 0.4) is 0 Å². The number of aryl methyl sites for hydroxylation is 1. The van der Waals surface area contributed by atoms with Crippen LogP contribution < -0.4 is 0 Å². The summed E-state index contributed by atoms with van der Waals surface area (Å²) < 4.78 is 11.3. The van der Waals surface area contributed by atoms with Crippen LogP contribution in [-0.2, 0) is 11.2 Å². The van der Waals surface area contributed by atoms with Crippen molar-refractivity contribution in [3.05, 3.63) is 65.7 Å². The number of carbonyl (C=O) groups excluding carboxylic acids is 1. The maximum Gasteiger partial charge on any atom is 0.255 e. The van der Waals surface area contributed by atoms with E-state index in [1.165, 1.54) is 5.56 Å². The molecule has 1 unspecified atom stereocenters. The average Bonchev–Trinajstić information content (AvgIpc) is 3.02. The molecule has 134 valence electrons. The Hall–Kier alpha value is -2.66. The van der Waals surface area contributed by atoms with Gasteiger partial charge in [-0.1, -0.05) is 12.1 Å². The number of amides is 1. The number of furan rings is 1. The third-order valence-corrected chi connectivity index (χ3v) is 4.96. The van der Waals surface area contributed by atoms with Crippen molar-refractivity contribution < 1.29 is 13.9 Å². The van der Waals surface area contributed by atoms with Crippen LogP contribution in [0.2, 0.25) is 0 Å². The number of rotatable bonds is 3. The molecule has 1 saturated heterocycles. The number of nitrogens with zero attached hydrogens (tertiary/aromatic N) is 2. The molecule has 0 bridgehead atoms. The summed E-state index contributed by atoms with van der Waals surface area (Å²) >= 11 is 0. The van der Waals surface area contributed by atoms with E-state index < -0.39 is 0 Å². The van der Waals surface area contributed by atoms with Gasteiger partial charge in [0.15, 0.2) is 0 Å². The summed E-state index contributed by atoms with van der Waals surface area (Å²) in [6.07, 6.45) is 4.29. The fourth-order valence-corrected chi connectivity index (χ4v) is 3.61. The summed E-state index contributed by atoms with van der Waals surface area (Å²) in [4.78, 5) is 19.1. The number of ether oxygens (including phenoxy) is 1. The Morgan fingerprint density at radius 2 is 2.19 bits per heavy atom. The van der Waals surface area contributed by atoms with Gasteiger partial charge in [-0.15, -0.1) is 0 Å². The third kappa shape index (κ3) is 3.35. The highest BCUT2D eigenvalue weighted by Crippen LogP contribution is 2.24. The maximum atomic E-state index is 13.0. The van der Waals surface area contributed by atoms with Crippen molar-refractivity contribution in [2.75, 3.05) is 26.3 Å². The fraction of sp³-hybridized carbons (Fsp3) is 0.333. The molecule has 0 spiro atoms. The molecule has 0 aliphatic carbocycles. The van der Waals surface area contributed by atoms with Gasteiger partial charge in [0.2, 0.25) is 0 Å². The summed E-state index contributed by atoms with van der Waals surface area (Å²) in [6.45, 7) is 4.39. The van der Waals surface area contributed by atoms with Crippen molar-refractivity contribution in [2.45, 2.75) is 13.3 Å². The number of aromatic nitrogens is 1. The third-order valence-electron chi connectivity index (χ3n) is 4.96. The van der Waals surface area contributed by atoms with Gasteiger partial charge in [0.1, 0.15) is 5.58 Å². The van der Waals surface area contributed by atoms with Gasteiger partial charge >= 0.3 is 0 Å². The van der Waals surface area contributed by atoms with Crippen molar-refractivity contribution >= 4 is 16.9 Å². The average molecular weight is 350 g/mol. The Balaban J connectivity index is 1.54. The molecule has 4 rings (SSSR count). The molecule has 1 amide bonds. The molecule has 26 heavy (non-hydrogen) atoms. The summed E-state index contributed by atoms with van der Waals surface area (Å²) in [7, 11) is 0. The molecule has 0 radical (unpaired) electrons. The molecular formula is C21H22N2O3. The molecule has 0 saturated carbocycles. The topological polar surface area (TPSA) is 55.6 Å². The van der Waals surface area contributed by atoms with E-state index in [9.17, 15) is 4.79 Å². The second kappa shape index (κ2) is 7.30. The van der Waals surface area contributed by atoms with E-state index in [-0.39, 0.29) is 11.8 Å². The summed E-state index contributed by atoms with van der Waals surface area (Å²) in [5, 5.41) is 1.14. The minimum absolute atomic E-state index is 0.0348. The minimum Gasteiger partial charge on any atom is -0.464 e. The van der Waals surface area contributed by atoms with Gasteiger partial charge in [0.25, 0.3) is 5.91 Å². The second-order valence-electron chi connectivity index (χ2n) is 6.78. The van der Waals surface area contributed by atoms with Gasteiger partial charge in [-0.2, -0.15) is 0 Å². The van der Waals surface area contributed by atoms with Crippen LogP contribution in [0.5, 0.6) is 0 Å². The first-order valence-corrected chi connectivity index (χ1v) is 8.96. The van der Waals surface area contributed by atoms with Gasteiger partial charge in [-0.25, -0.2) is 0 Å². The smallest absolute Gasteiger partial charge is 0.255 e. The van der Waals surface area contributed by atoms with Crippen LogP contribution in [0.1, 0.15) is 21.6 Å². The van der Waals surface area contributed by atoms with E-state index in [2.05, 4.69) is 11.1 Å². The lowest BCUT2D eigenvalue weighted by Gasteiger charge is -2.24. The van der Waals surface area contributed by atoms with Crippen LogP contribution in [0, 0.1) is 12.8 Å². The lowest BCUT2D eigenvalue weighted by Crippen LogP contribution is -2.36. The highest BCUT2D eigenvalue weighted by atomic mass is 16.5. The van der Waals surface area contributed by atoms with E-state index >= 15 is 0 Å². The predicted molar refractivity (Wildman–Crippen MR) is 99.1 cm³/mol. The SMILES string of the molecule is Cc1ncccc1C(=O)N1CCOCC(Cc2cccc3occc23)C1. The standard InChI is InChI=1S/C21H22N2O3/c1-15-18(5-3-8-22-15)21(24)23-9-11-25-14-16(13-23)12-17-4-2-6-20-19(17)7-10-26-20/h2-8,10,16H,9,11-14H2,1H3. The van der Waals surface area contributed by atoms with E-state index in [4.69, 9.17) is 9.15 Å². The highest BCUT2D eigenvalue weighted by Gasteiger charge is 2.25. The quantitative estimate of drug-likeness (QED) is 0.726. The number of fused-ring (bicyclic) bond motifs is 1. The van der Waals surface area contributed by atoms with Crippen LogP contribution in [0.25, 0.3) is 11.0 Å². The number of carbonyl (C=O) groups is 1. The Bertz CT molecular complexity index is 918. The predicted octanol–water partition coefficient (Wildman–Crippen LogP) is 3.47. The molecule has 1 fully saturated rings. The van der Waals surface area contributed by atoms with E-state index in [1.807, 2.05) is 42.2 Å². The van der Waals surface area contributed by atoms with Crippen LogP contribution >= 0.6 is 0 Å². The fourth-order valence-electron chi connectivity index (χ4n) is 3.61. The number of pyridine rings is 1. The van der Waals surface area contributed by atoms with Crippen molar-refractivity contribution in [3.63, 3.8) is 0 Å². The zero-order valence-electron chi connectivity index (χ0n) is 14.9. The summed E-state index contributed by atoms with van der Waals surface area (Å²) in [5.41, 5.74) is 3.57. The molecule has 1 atom stereocenters. The number of hydrogen-bond donors (Lipinski definition) is 0. The number of hydrogen-bond acceptors (Lipinski definition) is 4. The van der Waals surface area contributed by atoms with Crippen LogP contribution in [0.15, 0.2) is 53.3 Å². The van der Waals surface area contributed by atoms with Gasteiger partial charge in [-0.3, -0.25) is 9.78 Å². The lowest BCUT2D eigenvalue weighted by molar-refractivity contribution is 0.0736. The van der Waals surface area contributed by atoms with Crippen molar-refractivity contribution in [2.24, 2.45) is 5.92 Å². The number of benzene rings is 1. The largest absolute Gasteiger partial charge is 0.464 e. The monoisotopic (exact) mass is 350 g/mol. The van der Waals surface area contributed by atoms with Crippen molar-refractivity contribution in [1.82, 2.24) is 9.88 Å². The summed E-state index contributed by atoms with van der Waals surface area (Å²) in [6, 6.07) is 11.8. The zero-order valence-corrected chi connectivity index (χ0v) is 14.9. The first-order chi connectivity index (χ1) is 12.7. The Kier molecular flexibility index (Phi) is 4.71. The van der Waals surface area contributed by atoms with E-state index in [1.54, 1.807) is 12.5 Å². The van der Waals surface area contributed by atoms with Crippen molar-refractivity contribution in [3.8, 4) is 0 Å². The highest BCUT2D eigenvalue weighted by molar-refractivity contribution is 5.95. The molecule has 2 aromatic heterocycles. The maximum absolute atomic E-state index is 13.0. The molecule has 1 aromatic carbocycles. The molecule has 5 heteroatoms.